The summed E-state index contributed by atoms with van der Waals surface area (Å²) in [7, 11) is 0.749. The summed E-state index contributed by atoms with van der Waals surface area (Å²) in [6.07, 6.45) is -9.28. The highest BCUT2D eigenvalue weighted by Gasteiger charge is 2.33. The van der Waals surface area contributed by atoms with Crippen molar-refractivity contribution in [1.82, 2.24) is 10.2 Å². The van der Waals surface area contributed by atoms with Crippen molar-refractivity contribution in [3.05, 3.63) is 0 Å². The van der Waals surface area contributed by atoms with Crippen LogP contribution >= 0.6 is 0 Å². The molecule has 0 rings (SSSR count). The van der Waals surface area contributed by atoms with Crippen LogP contribution in [0.4, 0.5) is 31.1 Å². The van der Waals surface area contributed by atoms with Crippen molar-refractivity contribution in [2.24, 2.45) is 0 Å². The zero-order valence-electron chi connectivity index (χ0n) is 7.54. The van der Waals surface area contributed by atoms with E-state index in [1.807, 2.05) is 0 Å². The molecule has 0 aliphatic heterocycles. The van der Waals surface area contributed by atoms with Crippen molar-refractivity contribution in [3.63, 3.8) is 0 Å². The van der Waals surface area contributed by atoms with Gasteiger partial charge in [0.1, 0.15) is 13.1 Å². The van der Waals surface area contributed by atoms with E-state index in [0.29, 0.717) is 0 Å². The minimum atomic E-state index is -4.64. The van der Waals surface area contributed by atoms with Gasteiger partial charge in [-0.1, -0.05) is 0 Å². The summed E-state index contributed by atoms with van der Waals surface area (Å²) in [5.74, 6) is 0. The SMILES string of the molecule is CN(CC(F)(F)F)C(=O)NCC(F)(F)F. The van der Waals surface area contributed by atoms with Crippen molar-refractivity contribution in [2.75, 3.05) is 20.1 Å². The largest absolute Gasteiger partial charge is 0.406 e. The Morgan fingerprint density at radius 2 is 1.60 bits per heavy atom. The van der Waals surface area contributed by atoms with Gasteiger partial charge in [0.25, 0.3) is 0 Å². The van der Waals surface area contributed by atoms with Crippen LogP contribution in [0.5, 0.6) is 0 Å². The minimum absolute atomic E-state index is 0.117. The molecule has 0 atom stereocenters. The third-order valence-corrected chi connectivity index (χ3v) is 1.20. The van der Waals surface area contributed by atoms with Gasteiger partial charge < -0.3 is 10.2 Å². The summed E-state index contributed by atoms with van der Waals surface area (Å²) in [6, 6.07) is -1.43. The van der Waals surface area contributed by atoms with E-state index < -0.39 is 31.5 Å². The van der Waals surface area contributed by atoms with E-state index in [1.165, 1.54) is 5.32 Å². The van der Waals surface area contributed by atoms with Gasteiger partial charge in [-0.15, -0.1) is 0 Å². The second-order valence-corrected chi connectivity index (χ2v) is 2.75. The van der Waals surface area contributed by atoms with Crippen LogP contribution in [0.15, 0.2) is 0 Å². The van der Waals surface area contributed by atoms with Gasteiger partial charge in [0, 0.05) is 7.05 Å². The number of urea groups is 1. The Kier molecular flexibility index (Phi) is 4.23. The molecule has 0 aliphatic carbocycles. The highest BCUT2D eigenvalue weighted by atomic mass is 19.4. The Bertz CT molecular complexity index is 223. The zero-order chi connectivity index (χ0) is 12.3. The van der Waals surface area contributed by atoms with Gasteiger partial charge in [-0.05, 0) is 0 Å². The quantitative estimate of drug-likeness (QED) is 0.730. The number of carbonyl (C=O) groups is 1. The molecule has 0 aliphatic rings. The number of halogens is 6. The molecular formula is C6H8F6N2O. The molecule has 9 heteroatoms. The third-order valence-electron chi connectivity index (χ3n) is 1.20. The number of rotatable bonds is 2. The first-order valence-electron chi connectivity index (χ1n) is 3.64. The van der Waals surface area contributed by atoms with E-state index in [0.717, 1.165) is 7.05 Å². The first-order chi connectivity index (χ1) is 6.51. The van der Waals surface area contributed by atoms with E-state index in [9.17, 15) is 31.1 Å². The lowest BCUT2D eigenvalue weighted by atomic mass is 10.5. The fraction of sp³-hybridized carbons (Fsp3) is 0.833. The zero-order valence-corrected chi connectivity index (χ0v) is 7.54. The maximum absolute atomic E-state index is 11.7. The van der Waals surface area contributed by atoms with Gasteiger partial charge in [-0.25, -0.2) is 4.79 Å². The molecule has 1 N–H and O–H groups in total. The third kappa shape index (κ3) is 7.89. The Morgan fingerprint density at radius 3 is 1.93 bits per heavy atom. The molecule has 0 aromatic carbocycles. The second-order valence-electron chi connectivity index (χ2n) is 2.75. The lowest BCUT2D eigenvalue weighted by molar-refractivity contribution is -0.138. The standard InChI is InChI=1S/C6H8F6N2O/c1-14(3-6(10,11)12)4(15)13-2-5(7,8)9/h2-3H2,1H3,(H,13,15). The minimum Gasteiger partial charge on any atom is -0.329 e. The molecule has 2 amide bonds. The number of nitrogens with one attached hydrogen (secondary N) is 1. The fourth-order valence-corrected chi connectivity index (χ4v) is 0.652. The molecule has 3 nitrogen and oxygen atoms in total. The summed E-state index contributed by atoms with van der Waals surface area (Å²) in [5.41, 5.74) is 0. The van der Waals surface area contributed by atoms with Gasteiger partial charge in [0.15, 0.2) is 0 Å². The smallest absolute Gasteiger partial charge is 0.329 e. The summed E-state index contributed by atoms with van der Waals surface area (Å²) < 4.78 is 69.8. The van der Waals surface area contributed by atoms with E-state index in [-0.39, 0.29) is 4.90 Å². The van der Waals surface area contributed by atoms with Gasteiger partial charge >= 0.3 is 18.4 Å². The average Bonchev–Trinajstić information content (AvgIpc) is 1.95. The summed E-state index contributed by atoms with van der Waals surface area (Å²) in [5, 5.41) is 1.31. The van der Waals surface area contributed by atoms with E-state index >= 15 is 0 Å². The number of nitrogens with zero attached hydrogens (tertiary/aromatic N) is 1. The highest BCUT2D eigenvalue weighted by molar-refractivity contribution is 5.73. The van der Waals surface area contributed by atoms with Gasteiger partial charge in [0.05, 0.1) is 0 Å². The van der Waals surface area contributed by atoms with Crippen LogP contribution in [-0.4, -0.2) is 43.4 Å². The Morgan fingerprint density at radius 1 is 1.13 bits per heavy atom. The average molecular weight is 238 g/mol. The molecule has 0 heterocycles. The molecule has 90 valence electrons. The van der Waals surface area contributed by atoms with Crippen molar-refractivity contribution in [1.29, 1.82) is 0 Å². The Labute approximate surface area is 81.0 Å². The van der Waals surface area contributed by atoms with Crippen molar-refractivity contribution in [3.8, 4) is 0 Å². The first kappa shape index (κ1) is 13.8. The van der Waals surface area contributed by atoms with Crippen LogP contribution < -0.4 is 5.32 Å². The molecular weight excluding hydrogens is 230 g/mol. The van der Waals surface area contributed by atoms with Crippen LogP contribution in [0, 0.1) is 0 Å². The van der Waals surface area contributed by atoms with Crippen LogP contribution in [-0.2, 0) is 0 Å². The molecule has 0 saturated carbocycles. The van der Waals surface area contributed by atoms with Crippen molar-refractivity contribution >= 4 is 6.03 Å². The van der Waals surface area contributed by atoms with Gasteiger partial charge in [-0.2, -0.15) is 26.3 Å². The first-order valence-corrected chi connectivity index (χ1v) is 3.64. The molecule has 0 fully saturated rings. The predicted molar refractivity (Wildman–Crippen MR) is 38.1 cm³/mol. The second kappa shape index (κ2) is 4.58. The number of carbonyl (C=O) groups excluding carboxylic acids is 1. The summed E-state index contributed by atoms with van der Waals surface area (Å²) >= 11 is 0. The lowest BCUT2D eigenvalue weighted by Gasteiger charge is -2.19. The fourth-order valence-electron chi connectivity index (χ4n) is 0.652. The van der Waals surface area contributed by atoms with E-state index in [2.05, 4.69) is 0 Å². The molecule has 15 heavy (non-hydrogen) atoms. The topological polar surface area (TPSA) is 32.3 Å². The Hall–Kier alpha value is -1.15. The monoisotopic (exact) mass is 238 g/mol. The van der Waals surface area contributed by atoms with Crippen LogP contribution in [0.25, 0.3) is 0 Å². The Balaban J connectivity index is 4.01. The number of hydrogen-bond donors (Lipinski definition) is 1. The molecule has 0 saturated heterocycles. The molecule has 0 bridgehead atoms. The predicted octanol–water partition coefficient (Wildman–Crippen LogP) is 1.75. The molecule has 0 spiro atoms. The van der Waals surface area contributed by atoms with Crippen LogP contribution in [0.3, 0.4) is 0 Å². The number of amides is 2. The maximum atomic E-state index is 11.7. The highest BCUT2D eigenvalue weighted by Crippen LogP contribution is 2.16. The van der Waals surface area contributed by atoms with Crippen molar-refractivity contribution < 1.29 is 31.1 Å². The molecule has 0 radical (unpaired) electrons. The van der Waals surface area contributed by atoms with Gasteiger partial charge in [-0.3, -0.25) is 0 Å². The molecule has 0 aromatic heterocycles. The van der Waals surface area contributed by atoms with Crippen LogP contribution in [0.2, 0.25) is 0 Å². The van der Waals surface area contributed by atoms with E-state index in [1.54, 1.807) is 0 Å². The van der Waals surface area contributed by atoms with Crippen LogP contribution in [0.1, 0.15) is 0 Å². The number of hydrogen-bond acceptors (Lipinski definition) is 1. The maximum Gasteiger partial charge on any atom is 0.406 e. The van der Waals surface area contributed by atoms with E-state index in [4.69, 9.17) is 0 Å². The summed E-state index contributed by atoms with van der Waals surface area (Å²) in [6.45, 7) is -3.26. The lowest BCUT2D eigenvalue weighted by Crippen LogP contribution is -2.45. The van der Waals surface area contributed by atoms with Crippen molar-refractivity contribution in [2.45, 2.75) is 12.4 Å². The number of alkyl halides is 6. The molecule has 0 unspecified atom stereocenters. The van der Waals surface area contributed by atoms with Gasteiger partial charge in [0.2, 0.25) is 0 Å². The summed E-state index contributed by atoms with van der Waals surface area (Å²) in [4.78, 5) is 10.8. The normalized spacial score (nSPS) is 12.5. The molecule has 0 aromatic rings.